The van der Waals surface area contributed by atoms with Gasteiger partial charge >= 0.3 is 0 Å². The molecule has 0 N–H and O–H groups in total. The zero-order valence-electron chi connectivity index (χ0n) is 17.7. The summed E-state index contributed by atoms with van der Waals surface area (Å²) in [6, 6.07) is 34.9. The molecule has 1 atom stereocenters. The Bertz CT molecular complexity index is 1210. The summed E-state index contributed by atoms with van der Waals surface area (Å²) in [5.41, 5.74) is 2.19. The smallest absolute Gasteiger partial charge is 0.206 e. The van der Waals surface area contributed by atoms with Gasteiger partial charge in [0.05, 0.1) is 11.4 Å². The van der Waals surface area contributed by atoms with Crippen molar-refractivity contribution in [2.45, 2.75) is 6.04 Å². The van der Waals surface area contributed by atoms with Gasteiger partial charge in [-0.1, -0.05) is 109 Å². The fourth-order valence-electron chi connectivity index (χ4n) is 3.28. The van der Waals surface area contributed by atoms with Gasteiger partial charge in [0.25, 0.3) is 0 Å². The van der Waals surface area contributed by atoms with Crippen molar-refractivity contribution in [2.75, 3.05) is 0 Å². The Balaban J connectivity index is 0.00000306. The molecule has 0 amide bonds. The first-order chi connectivity index (χ1) is 15.7. The summed E-state index contributed by atoms with van der Waals surface area (Å²) in [4.78, 5) is 31.8. The number of aliphatic imine (C=N–C) groups is 1. The third-order valence-corrected chi connectivity index (χ3v) is 4.87. The summed E-state index contributed by atoms with van der Waals surface area (Å²) in [5.74, 6) is -0.614. The molecule has 0 aromatic heterocycles. The number of para-hydroxylation sites is 2. The van der Waals surface area contributed by atoms with Crippen LogP contribution < -0.4 is 0 Å². The third kappa shape index (κ3) is 6.12. The molecule has 0 unspecified atom stereocenters. The van der Waals surface area contributed by atoms with Gasteiger partial charge in [0.15, 0.2) is 5.78 Å². The quantitative estimate of drug-likeness (QED) is 0.164. The van der Waals surface area contributed by atoms with Crippen molar-refractivity contribution >= 4 is 28.7 Å². The second-order valence-corrected chi connectivity index (χ2v) is 7.13. The first-order valence-electron chi connectivity index (χ1n) is 10.3. The molecule has 0 aliphatic heterocycles. The number of benzene rings is 4. The van der Waals surface area contributed by atoms with Crippen LogP contribution in [0.25, 0.3) is 5.32 Å². The molecular formula is C28H21N2NiO2-. The van der Waals surface area contributed by atoms with Gasteiger partial charge in [0.1, 0.15) is 0 Å². The fraction of sp³-hybridized carbons (Fsp3) is 0.0357. The monoisotopic (exact) mass is 475 g/mol. The van der Waals surface area contributed by atoms with Crippen LogP contribution in [0.2, 0.25) is 0 Å². The Morgan fingerprint density at radius 1 is 0.606 bits per heavy atom. The number of carbonyl (C=O) groups is 2. The molecule has 4 aromatic rings. The normalized spacial score (nSPS) is 11.7. The molecule has 0 aliphatic carbocycles. The minimum atomic E-state index is -1.09. The Hall–Kier alpha value is -3.82. The van der Waals surface area contributed by atoms with Crippen molar-refractivity contribution < 1.29 is 26.1 Å². The standard InChI is InChI=1S/C28H21N2O2.Ni/c31-27(21-13-5-1-6-14-21)25(29-23-17-9-3-10-18-23)26(30-24-19-11-4-12-20-24)28(32)22-15-7-2-8-16-22;/h1-20,25H;/q-1;/t25-;/m1./s1. The maximum absolute atomic E-state index is 13.6. The largest absolute Gasteiger partial charge is 0.670 e. The van der Waals surface area contributed by atoms with Crippen LogP contribution in [0.3, 0.4) is 0 Å². The molecule has 0 bridgehead atoms. The van der Waals surface area contributed by atoms with Crippen molar-refractivity contribution in [1.82, 2.24) is 0 Å². The van der Waals surface area contributed by atoms with E-state index in [9.17, 15) is 9.59 Å². The molecule has 0 spiro atoms. The van der Waals surface area contributed by atoms with Crippen molar-refractivity contribution in [1.29, 1.82) is 0 Å². The molecule has 0 heterocycles. The van der Waals surface area contributed by atoms with Crippen molar-refractivity contribution in [3.8, 4) is 0 Å². The number of hydrogen-bond acceptors (Lipinski definition) is 3. The third-order valence-electron chi connectivity index (χ3n) is 4.87. The predicted molar refractivity (Wildman–Crippen MR) is 128 cm³/mol. The molecule has 0 radical (unpaired) electrons. The number of nitrogens with zero attached hydrogens (tertiary/aromatic N) is 2. The Labute approximate surface area is 203 Å². The van der Waals surface area contributed by atoms with Crippen LogP contribution in [0, 0.1) is 0 Å². The van der Waals surface area contributed by atoms with Crippen LogP contribution in [-0.4, -0.2) is 23.3 Å². The number of rotatable bonds is 8. The van der Waals surface area contributed by atoms with E-state index in [2.05, 4.69) is 10.3 Å². The Kier molecular flexibility index (Phi) is 8.45. The molecule has 0 aliphatic rings. The maximum atomic E-state index is 13.6. The number of Topliss-reactive ketones (excluding diaryl/α,β-unsaturated/α-hetero) is 2. The van der Waals surface area contributed by atoms with E-state index in [1.54, 1.807) is 72.8 Å². The van der Waals surface area contributed by atoms with Gasteiger partial charge in [0, 0.05) is 27.6 Å². The zero-order valence-corrected chi connectivity index (χ0v) is 18.6. The van der Waals surface area contributed by atoms with E-state index < -0.39 is 6.04 Å². The minimum absolute atomic E-state index is 0. The van der Waals surface area contributed by atoms with Gasteiger partial charge in [-0.25, -0.2) is 0 Å². The first-order valence-corrected chi connectivity index (χ1v) is 10.3. The van der Waals surface area contributed by atoms with E-state index in [4.69, 9.17) is 0 Å². The van der Waals surface area contributed by atoms with E-state index in [1.807, 2.05) is 48.5 Å². The van der Waals surface area contributed by atoms with Crippen molar-refractivity contribution in [2.24, 2.45) is 4.99 Å². The summed E-state index contributed by atoms with van der Waals surface area (Å²) < 4.78 is 0. The van der Waals surface area contributed by atoms with Crippen molar-refractivity contribution in [3.05, 3.63) is 138 Å². The maximum Gasteiger partial charge on any atom is 0.206 e. The number of hydrogen-bond donors (Lipinski definition) is 0. The van der Waals surface area contributed by atoms with E-state index in [0.29, 0.717) is 22.5 Å². The van der Waals surface area contributed by atoms with Crippen LogP contribution in [0.1, 0.15) is 20.7 Å². The number of carbonyl (C=O) groups excluding carboxylic acids is 2. The molecule has 4 aromatic carbocycles. The van der Waals surface area contributed by atoms with E-state index in [0.717, 1.165) is 0 Å². The summed E-state index contributed by atoms with van der Waals surface area (Å²) in [6.45, 7) is 0. The van der Waals surface area contributed by atoms with Gasteiger partial charge in [-0.2, -0.15) is 0 Å². The average molecular weight is 476 g/mol. The molecule has 4 rings (SSSR count). The zero-order chi connectivity index (χ0) is 22.2. The van der Waals surface area contributed by atoms with E-state index >= 15 is 0 Å². The molecule has 0 fully saturated rings. The molecule has 33 heavy (non-hydrogen) atoms. The minimum Gasteiger partial charge on any atom is -0.670 e. The molecule has 4 nitrogen and oxygen atoms in total. The van der Waals surface area contributed by atoms with E-state index in [-0.39, 0.29) is 33.8 Å². The SMILES string of the molecule is O=C(C(=Nc1ccccc1)[C@@H]([N-]c1ccccc1)C(=O)c1ccccc1)c1ccccc1.[Ni]. The topological polar surface area (TPSA) is 60.6 Å². The second-order valence-electron chi connectivity index (χ2n) is 7.13. The Morgan fingerprint density at radius 3 is 1.61 bits per heavy atom. The van der Waals surface area contributed by atoms with Gasteiger partial charge in [-0.15, -0.1) is 5.69 Å². The number of ketones is 2. The van der Waals surface area contributed by atoms with Crippen LogP contribution in [0.15, 0.2) is 126 Å². The van der Waals surface area contributed by atoms with Gasteiger partial charge in [0.2, 0.25) is 5.78 Å². The van der Waals surface area contributed by atoms with Gasteiger partial charge in [-0.3, -0.25) is 14.6 Å². The van der Waals surface area contributed by atoms with E-state index in [1.165, 1.54) is 0 Å². The van der Waals surface area contributed by atoms with Gasteiger partial charge in [-0.05, 0) is 18.2 Å². The second kappa shape index (κ2) is 11.7. The summed E-state index contributed by atoms with van der Waals surface area (Å²) in [6.07, 6.45) is 0. The fourth-order valence-corrected chi connectivity index (χ4v) is 3.28. The summed E-state index contributed by atoms with van der Waals surface area (Å²) in [5, 5.41) is 4.68. The molecule has 166 valence electrons. The predicted octanol–water partition coefficient (Wildman–Crippen LogP) is 6.60. The molecular weight excluding hydrogens is 455 g/mol. The average Bonchev–Trinajstić information content (AvgIpc) is 2.87. The first kappa shape index (κ1) is 23.8. The van der Waals surface area contributed by atoms with Crippen LogP contribution in [-0.2, 0) is 16.5 Å². The summed E-state index contributed by atoms with van der Waals surface area (Å²) in [7, 11) is 0. The van der Waals surface area contributed by atoms with Crippen molar-refractivity contribution in [3.63, 3.8) is 0 Å². The van der Waals surface area contributed by atoms with Crippen LogP contribution in [0.5, 0.6) is 0 Å². The molecule has 0 saturated heterocycles. The molecule has 0 saturated carbocycles. The van der Waals surface area contributed by atoms with Gasteiger partial charge < -0.3 is 5.32 Å². The van der Waals surface area contributed by atoms with Crippen LogP contribution >= 0.6 is 0 Å². The molecule has 5 heteroatoms. The summed E-state index contributed by atoms with van der Waals surface area (Å²) >= 11 is 0. The Morgan fingerprint density at radius 2 is 1.06 bits per heavy atom. The van der Waals surface area contributed by atoms with Crippen LogP contribution in [0.4, 0.5) is 11.4 Å².